The van der Waals surface area contributed by atoms with Gasteiger partial charge in [0.15, 0.2) is 0 Å². The molecule has 1 saturated heterocycles. The van der Waals surface area contributed by atoms with Gasteiger partial charge in [0.2, 0.25) is 11.8 Å². The number of ether oxygens (including phenoxy) is 1. The van der Waals surface area contributed by atoms with Gasteiger partial charge in [-0.1, -0.05) is 30.3 Å². The number of methoxy groups -OCH3 is 1. The van der Waals surface area contributed by atoms with Crippen LogP contribution in [0.1, 0.15) is 12.0 Å². The van der Waals surface area contributed by atoms with Crippen molar-refractivity contribution >= 4 is 29.3 Å². The first-order valence-corrected chi connectivity index (χ1v) is 8.64. The van der Waals surface area contributed by atoms with Gasteiger partial charge in [0, 0.05) is 30.9 Å². The molecule has 7 nitrogen and oxygen atoms in total. The fraction of sp³-hybridized carbons (Fsp3) is 0.250. The maximum Gasteiger partial charge on any atom is 0.411 e. The minimum Gasteiger partial charge on any atom is -0.453 e. The van der Waals surface area contributed by atoms with E-state index in [2.05, 4.69) is 15.4 Å². The standard InChI is InChI=1S/C20H21N3O4/c1-27-20(26)22-16-9-7-14(8-10-16)12-21-19(25)15-11-18(24)23(13-15)17-5-3-2-4-6-17/h2-10,15H,11-13H2,1H3,(H,21,25)(H,22,26). The van der Waals surface area contributed by atoms with Gasteiger partial charge in [0.25, 0.3) is 0 Å². The van der Waals surface area contributed by atoms with Gasteiger partial charge in [-0.15, -0.1) is 0 Å². The second-order valence-electron chi connectivity index (χ2n) is 6.27. The Labute approximate surface area is 157 Å². The number of rotatable bonds is 5. The Morgan fingerprint density at radius 3 is 2.48 bits per heavy atom. The normalized spacial score (nSPS) is 16.1. The smallest absolute Gasteiger partial charge is 0.411 e. The minimum atomic E-state index is -0.537. The lowest BCUT2D eigenvalue weighted by molar-refractivity contribution is -0.126. The van der Waals surface area contributed by atoms with E-state index in [0.29, 0.717) is 18.8 Å². The Balaban J connectivity index is 1.52. The summed E-state index contributed by atoms with van der Waals surface area (Å²) in [5, 5.41) is 5.44. The maximum absolute atomic E-state index is 12.4. The molecule has 27 heavy (non-hydrogen) atoms. The number of benzene rings is 2. The first-order chi connectivity index (χ1) is 13.1. The Morgan fingerprint density at radius 2 is 1.81 bits per heavy atom. The molecule has 0 bridgehead atoms. The molecule has 2 N–H and O–H groups in total. The molecule has 1 fully saturated rings. The summed E-state index contributed by atoms with van der Waals surface area (Å²) in [6, 6.07) is 16.4. The van der Waals surface area contributed by atoms with Gasteiger partial charge in [-0.05, 0) is 29.8 Å². The third-order valence-corrected chi connectivity index (χ3v) is 4.42. The summed E-state index contributed by atoms with van der Waals surface area (Å²) in [6.07, 6.45) is -0.326. The van der Waals surface area contributed by atoms with E-state index in [1.165, 1.54) is 7.11 Å². The van der Waals surface area contributed by atoms with E-state index < -0.39 is 6.09 Å². The number of nitrogens with one attached hydrogen (secondary N) is 2. The van der Waals surface area contributed by atoms with Crippen LogP contribution in [0, 0.1) is 5.92 Å². The molecule has 3 amide bonds. The fourth-order valence-corrected chi connectivity index (χ4v) is 2.95. The van der Waals surface area contributed by atoms with Crippen molar-refractivity contribution in [3.63, 3.8) is 0 Å². The van der Waals surface area contributed by atoms with Crippen molar-refractivity contribution in [3.05, 3.63) is 60.2 Å². The summed E-state index contributed by atoms with van der Waals surface area (Å²) in [5.74, 6) is -0.545. The average molecular weight is 367 g/mol. The van der Waals surface area contributed by atoms with E-state index in [4.69, 9.17) is 0 Å². The van der Waals surface area contributed by atoms with Crippen LogP contribution in [0.3, 0.4) is 0 Å². The molecule has 1 atom stereocenters. The number of amides is 3. The zero-order chi connectivity index (χ0) is 19.2. The van der Waals surface area contributed by atoms with E-state index in [1.807, 2.05) is 42.5 Å². The first kappa shape index (κ1) is 18.4. The molecule has 0 aromatic heterocycles. The summed E-state index contributed by atoms with van der Waals surface area (Å²) in [7, 11) is 1.30. The number of anilines is 2. The van der Waals surface area contributed by atoms with Crippen molar-refractivity contribution in [2.75, 3.05) is 23.9 Å². The molecule has 1 aliphatic rings. The fourth-order valence-electron chi connectivity index (χ4n) is 2.95. The van der Waals surface area contributed by atoms with Crippen LogP contribution in [-0.4, -0.2) is 31.6 Å². The van der Waals surface area contributed by atoms with Crippen LogP contribution in [0.2, 0.25) is 0 Å². The van der Waals surface area contributed by atoms with Gasteiger partial charge < -0.3 is 15.0 Å². The summed E-state index contributed by atoms with van der Waals surface area (Å²) in [5.41, 5.74) is 2.31. The molecule has 140 valence electrons. The molecule has 1 unspecified atom stereocenters. The van der Waals surface area contributed by atoms with E-state index >= 15 is 0 Å². The van der Waals surface area contributed by atoms with Crippen molar-refractivity contribution in [2.45, 2.75) is 13.0 Å². The second-order valence-corrected chi connectivity index (χ2v) is 6.27. The minimum absolute atomic E-state index is 0.0420. The number of para-hydroxylation sites is 1. The molecular weight excluding hydrogens is 346 g/mol. The van der Waals surface area contributed by atoms with Crippen molar-refractivity contribution in [3.8, 4) is 0 Å². The summed E-state index contributed by atoms with van der Waals surface area (Å²) >= 11 is 0. The third-order valence-electron chi connectivity index (χ3n) is 4.42. The van der Waals surface area contributed by atoms with Gasteiger partial charge >= 0.3 is 6.09 Å². The highest BCUT2D eigenvalue weighted by atomic mass is 16.5. The Hall–Kier alpha value is -3.35. The zero-order valence-corrected chi connectivity index (χ0v) is 15.0. The number of hydrogen-bond donors (Lipinski definition) is 2. The SMILES string of the molecule is COC(=O)Nc1ccc(CNC(=O)C2CC(=O)N(c3ccccc3)C2)cc1. The molecule has 1 heterocycles. The van der Waals surface area contributed by atoms with Crippen LogP contribution in [-0.2, 0) is 20.9 Å². The van der Waals surface area contributed by atoms with Gasteiger partial charge in [-0.25, -0.2) is 4.79 Å². The zero-order valence-electron chi connectivity index (χ0n) is 15.0. The van der Waals surface area contributed by atoms with E-state index in [0.717, 1.165) is 11.3 Å². The van der Waals surface area contributed by atoms with Crippen molar-refractivity contribution in [1.82, 2.24) is 5.32 Å². The molecule has 2 aromatic carbocycles. The largest absolute Gasteiger partial charge is 0.453 e. The summed E-state index contributed by atoms with van der Waals surface area (Å²) in [4.78, 5) is 37.5. The molecule has 1 aliphatic heterocycles. The highest BCUT2D eigenvalue weighted by Gasteiger charge is 2.34. The first-order valence-electron chi connectivity index (χ1n) is 8.64. The van der Waals surface area contributed by atoms with Gasteiger partial charge in [-0.3, -0.25) is 14.9 Å². The van der Waals surface area contributed by atoms with Gasteiger partial charge in [0.1, 0.15) is 0 Å². The summed E-state index contributed by atoms with van der Waals surface area (Å²) < 4.78 is 4.53. The highest BCUT2D eigenvalue weighted by Crippen LogP contribution is 2.25. The Morgan fingerprint density at radius 1 is 1.11 bits per heavy atom. The Bertz CT molecular complexity index is 821. The maximum atomic E-state index is 12.4. The molecule has 7 heteroatoms. The second kappa shape index (κ2) is 8.35. The monoisotopic (exact) mass is 367 g/mol. The Kier molecular flexibility index (Phi) is 5.71. The van der Waals surface area contributed by atoms with Crippen molar-refractivity contribution in [1.29, 1.82) is 0 Å². The third kappa shape index (κ3) is 4.63. The van der Waals surface area contributed by atoms with E-state index in [1.54, 1.807) is 17.0 Å². The number of hydrogen-bond acceptors (Lipinski definition) is 4. The molecular formula is C20H21N3O4. The van der Waals surface area contributed by atoms with Crippen LogP contribution in [0.25, 0.3) is 0 Å². The van der Waals surface area contributed by atoms with Crippen LogP contribution in [0.15, 0.2) is 54.6 Å². The lowest BCUT2D eigenvalue weighted by atomic mass is 10.1. The topological polar surface area (TPSA) is 87.7 Å². The van der Waals surface area contributed by atoms with E-state index in [9.17, 15) is 14.4 Å². The molecule has 2 aromatic rings. The molecule has 0 aliphatic carbocycles. The molecule has 0 radical (unpaired) electrons. The van der Waals surface area contributed by atoms with Crippen molar-refractivity contribution in [2.24, 2.45) is 5.92 Å². The average Bonchev–Trinajstić information content (AvgIpc) is 3.09. The molecule has 0 saturated carbocycles. The van der Waals surface area contributed by atoms with E-state index in [-0.39, 0.29) is 24.2 Å². The lowest BCUT2D eigenvalue weighted by Crippen LogP contribution is -2.32. The molecule has 3 rings (SSSR count). The van der Waals surface area contributed by atoms with Crippen LogP contribution in [0.4, 0.5) is 16.2 Å². The van der Waals surface area contributed by atoms with Crippen molar-refractivity contribution < 1.29 is 19.1 Å². The van der Waals surface area contributed by atoms with Crippen LogP contribution < -0.4 is 15.5 Å². The van der Waals surface area contributed by atoms with Crippen LogP contribution >= 0.6 is 0 Å². The highest BCUT2D eigenvalue weighted by molar-refractivity contribution is 6.00. The van der Waals surface area contributed by atoms with Crippen LogP contribution in [0.5, 0.6) is 0 Å². The molecule has 0 spiro atoms. The summed E-state index contributed by atoms with van der Waals surface area (Å²) in [6.45, 7) is 0.740. The predicted molar refractivity (Wildman–Crippen MR) is 101 cm³/mol. The quantitative estimate of drug-likeness (QED) is 0.850. The lowest BCUT2D eigenvalue weighted by Gasteiger charge is -2.16. The van der Waals surface area contributed by atoms with Gasteiger partial charge in [-0.2, -0.15) is 0 Å². The predicted octanol–water partition coefficient (Wildman–Crippen LogP) is 2.53. The number of nitrogens with zero attached hydrogens (tertiary/aromatic N) is 1. The number of carbonyl (C=O) groups is 3. The van der Waals surface area contributed by atoms with Gasteiger partial charge in [0.05, 0.1) is 13.0 Å². The number of carbonyl (C=O) groups excluding carboxylic acids is 3.